The Bertz CT molecular complexity index is 1160. The van der Waals surface area contributed by atoms with Crippen molar-refractivity contribution in [3.63, 3.8) is 0 Å². The third-order valence-electron chi connectivity index (χ3n) is 4.56. The van der Waals surface area contributed by atoms with Crippen molar-refractivity contribution in [1.29, 1.82) is 0 Å². The van der Waals surface area contributed by atoms with E-state index >= 15 is 0 Å². The van der Waals surface area contributed by atoms with Crippen molar-refractivity contribution in [2.75, 3.05) is 22.5 Å². The number of hydrogen-bond acceptors (Lipinski definition) is 6. The molecule has 0 aliphatic carbocycles. The summed E-state index contributed by atoms with van der Waals surface area (Å²) >= 11 is 1.68. The summed E-state index contributed by atoms with van der Waals surface area (Å²) in [5.74, 6) is 2.05. The molecule has 0 spiro atoms. The van der Waals surface area contributed by atoms with Crippen LogP contribution in [0.15, 0.2) is 72.1 Å². The van der Waals surface area contributed by atoms with Crippen LogP contribution in [0.25, 0.3) is 10.4 Å². The Balaban J connectivity index is 1.40. The average Bonchev–Trinajstić information content (AvgIpc) is 3.30. The minimum absolute atomic E-state index is 0.139. The van der Waals surface area contributed by atoms with Gasteiger partial charge in [0.25, 0.3) is 5.91 Å². The molecule has 2 aromatic heterocycles. The SMILES string of the molecule is CCNc1cc(Nc2ccc(NC(=O)c3ccc(-c4cccs4)cc3)cc2)nc(C)n1. The van der Waals surface area contributed by atoms with Crippen LogP contribution in [-0.2, 0) is 0 Å². The highest BCUT2D eigenvalue weighted by atomic mass is 32.1. The number of hydrogen-bond donors (Lipinski definition) is 3. The van der Waals surface area contributed by atoms with E-state index in [1.54, 1.807) is 11.3 Å². The summed E-state index contributed by atoms with van der Waals surface area (Å²) in [5, 5.41) is 11.4. The molecule has 0 unspecified atom stereocenters. The quantitative estimate of drug-likeness (QED) is 0.339. The van der Waals surface area contributed by atoms with Crippen LogP contribution in [-0.4, -0.2) is 22.4 Å². The highest BCUT2D eigenvalue weighted by Crippen LogP contribution is 2.25. The maximum atomic E-state index is 12.6. The molecule has 3 N–H and O–H groups in total. The number of carbonyl (C=O) groups excluding carboxylic acids is 1. The Hall–Kier alpha value is -3.71. The van der Waals surface area contributed by atoms with E-state index in [2.05, 4.69) is 32.0 Å². The van der Waals surface area contributed by atoms with Crippen LogP contribution in [0.5, 0.6) is 0 Å². The number of rotatable bonds is 7. The van der Waals surface area contributed by atoms with Gasteiger partial charge in [-0.05, 0) is 67.3 Å². The van der Waals surface area contributed by atoms with E-state index in [0.717, 1.165) is 29.3 Å². The molecule has 0 radical (unpaired) electrons. The summed E-state index contributed by atoms with van der Waals surface area (Å²) in [6.07, 6.45) is 0. The number of aryl methyl sites for hydroxylation is 1. The first kappa shape index (κ1) is 20.6. The molecule has 6 nitrogen and oxygen atoms in total. The van der Waals surface area contributed by atoms with Gasteiger partial charge >= 0.3 is 0 Å². The Morgan fingerprint density at radius 1 is 0.935 bits per heavy atom. The highest BCUT2D eigenvalue weighted by molar-refractivity contribution is 7.13. The molecule has 0 atom stereocenters. The third kappa shape index (κ3) is 5.26. The number of nitrogens with zero attached hydrogens (tertiary/aromatic N) is 2. The normalized spacial score (nSPS) is 10.5. The summed E-state index contributed by atoms with van der Waals surface area (Å²) in [4.78, 5) is 22.5. The fraction of sp³-hybridized carbons (Fsp3) is 0.125. The lowest BCUT2D eigenvalue weighted by Crippen LogP contribution is -2.11. The van der Waals surface area contributed by atoms with Crippen molar-refractivity contribution in [3.8, 4) is 10.4 Å². The Labute approximate surface area is 185 Å². The van der Waals surface area contributed by atoms with E-state index < -0.39 is 0 Å². The van der Waals surface area contributed by atoms with Gasteiger partial charge in [0.2, 0.25) is 0 Å². The van der Waals surface area contributed by atoms with Crippen LogP contribution >= 0.6 is 11.3 Å². The first-order valence-corrected chi connectivity index (χ1v) is 10.9. The van der Waals surface area contributed by atoms with Gasteiger partial charge in [0.05, 0.1) is 0 Å². The lowest BCUT2D eigenvalue weighted by Gasteiger charge is -2.10. The van der Waals surface area contributed by atoms with Gasteiger partial charge < -0.3 is 16.0 Å². The molecular weight excluding hydrogens is 406 g/mol. The van der Waals surface area contributed by atoms with Gasteiger partial charge in [-0.3, -0.25) is 4.79 Å². The Morgan fingerprint density at radius 2 is 1.65 bits per heavy atom. The molecule has 4 rings (SSSR count). The van der Waals surface area contributed by atoms with Gasteiger partial charge in [0.1, 0.15) is 17.5 Å². The second-order valence-corrected chi connectivity index (χ2v) is 7.87. The summed E-state index contributed by atoms with van der Waals surface area (Å²) < 4.78 is 0. The lowest BCUT2D eigenvalue weighted by atomic mass is 10.1. The smallest absolute Gasteiger partial charge is 0.255 e. The summed E-state index contributed by atoms with van der Waals surface area (Å²) in [6.45, 7) is 4.67. The molecule has 1 amide bonds. The molecule has 0 aliphatic rings. The predicted molar refractivity (Wildman–Crippen MR) is 128 cm³/mol. The molecule has 4 aromatic rings. The molecule has 7 heteroatoms. The maximum absolute atomic E-state index is 12.6. The van der Waals surface area contributed by atoms with E-state index in [1.807, 2.05) is 79.9 Å². The van der Waals surface area contributed by atoms with Crippen LogP contribution in [0.1, 0.15) is 23.1 Å². The fourth-order valence-corrected chi connectivity index (χ4v) is 3.85. The largest absolute Gasteiger partial charge is 0.370 e. The highest BCUT2D eigenvalue weighted by Gasteiger charge is 2.08. The molecule has 2 heterocycles. The van der Waals surface area contributed by atoms with Crippen molar-refractivity contribution >= 4 is 40.3 Å². The van der Waals surface area contributed by atoms with Crippen LogP contribution in [0, 0.1) is 6.92 Å². The fourth-order valence-electron chi connectivity index (χ4n) is 3.12. The maximum Gasteiger partial charge on any atom is 0.255 e. The average molecular weight is 430 g/mol. The summed E-state index contributed by atoms with van der Waals surface area (Å²) in [6, 6.07) is 21.1. The molecule has 0 aliphatic heterocycles. The van der Waals surface area contributed by atoms with E-state index in [0.29, 0.717) is 17.2 Å². The number of aromatic nitrogens is 2. The van der Waals surface area contributed by atoms with Crippen LogP contribution in [0.2, 0.25) is 0 Å². The monoisotopic (exact) mass is 429 g/mol. The van der Waals surface area contributed by atoms with Crippen molar-refractivity contribution in [1.82, 2.24) is 9.97 Å². The summed E-state index contributed by atoms with van der Waals surface area (Å²) in [5.41, 5.74) is 3.33. The first-order chi connectivity index (χ1) is 15.1. The van der Waals surface area contributed by atoms with Crippen molar-refractivity contribution in [2.45, 2.75) is 13.8 Å². The second kappa shape index (κ2) is 9.40. The number of amides is 1. The molecule has 31 heavy (non-hydrogen) atoms. The summed E-state index contributed by atoms with van der Waals surface area (Å²) in [7, 11) is 0. The van der Waals surface area contributed by atoms with Gasteiger partial charge in [0.15, 0.2) is 0 Å². The van der Waals surface area contributed by atoms with Gasteiger partial charge in [-0.2, -0.15) is 0 Å². The van der Waals surface area contributed by atoms with Crippen LogP contribution in [0.4, 0.5) is 23.0 Å². The topological polar surface area (TPSA) is 78.9 Å². The zero-order valence-corrected chi connectivity index (χ0v) is 18.2. The number of carbonyl (C=O) groups is 1. The number of anilines is 4. The second-order valence-electron chi connectivity index (χ2n) is 6.93. The van der Waals surface area contributed by atoms with Crippen molar-refractivity contribution in [2.24, 2.45) is 0 Å². The van der Waals surface area contributed by atoms with Crippen LogP contribution in [0.3, 0.4) is 0 Å². The van der Waals surface area contributed by atoms with Crippen molar-refractivity contribution in [3.05, 3.63) is 83.5 Å². The zero-order chi connectivity index (χ0) is 21.6. The number of thiophene rings is 1. The number of nitrogens with one attached hydrogen (secondary N) is 3. The van der Waals surface area contributed by atoms with E-state index in [9.17, 15) is 4.79 Å². The Morgan fingerprint density at radius 3 is 2.32 bits per heavy atom. The molecule has 0 saturated heterocycles. The predicted octanol–water partition coefficient (Wildman–Crippen LogP) is 5.94. The van der Waals surface area contributed by atoms with Crippen molar-refractivity contribution < 1.29 is 4.79 Å². The molecule has 0 saturated carbocycles. The molecule has 0 bridgehead atoms. The Kier molecular flexibility index (Phi) is 6.24. The molecule has 2 aromatic carbocycles. The minimum Gasteiger partial charge on any atom is -0.370 e. The third-order valence-corrected chi connectivity index (χ3v) is 5.48. The molecule has 0 fully saturated rings. The first-order valence-electron chi connectivity index (χ1n) is 10.0. The molecule has 156 valence electrons. The van der Waals surface area contributed by atoms with Crippen LogP contribution < -0.4 is 16.0 Å². The standard InChI is InChI=1S/C24H23N5OS/c1-3-25-22-15-23(27-16(2)26-22)28-19-10-12-20(13-11-19)29-24(30)18-8-6-17(7-9-18)21-5-4-14-31-21/h4-15H,3H2,1-2H3,(H,29,30)(H2,25,26,27,28). The van der Waals surface area contributed by atoms with E-state index in [4.69, 9.17) is 0 Å². The zero-order valence-electron chi connectivity index (χ0n) is 17.3. The van der Waals surface area contributed by atoms with Gasteiger partial charge in [-0.1, -0.05) is 18.2 Å². The molecular formula is C24H23N5OS. The van der Waals surface area contributed by atoms with E-state index in [-0.39, 0.29) is 5.91 Å². The number of benzene rings is 2. The minimum atomic E-state index is -0.139. The van der Waals surface area contributed by atoms with Gasteiger partial charge in [-0.25, -0.2) is 9.97 Å². The van der Waals surface area contributed by atoms with Gasteiger partial charge in [0, 0.05) is 34.4 Å². The van der Waals surface area contributed by atoms with Gasteiger partial charge in [-0.15, -0.1) is 11.3 Å². The van der Waals surface area contributed by atoms with E-state index in [1.165, 1.54) is 4.88 Å². The lowest BCUT2D eigenvalue weighted by molar-refractivity contribution is 0.102.